The van der Waals surface area contributed by atoms with Crippen LogP contribution in [-0.4, -0.2) is 75.1 Å². The summed E-state index contributed by atoms with van der Waals surface area (Å²) < 4.78 is 0.770. The molecule has 1 amide bonds. The van der Waals surface area contributed by atoms with Crippen LogP contribution in [0, 0.1) is 0 Å². The minimum atomic E-state index is -0.276. The second-order valence-corrected chi connectivity index (χ2v) is 9.18. The third kappa shape index (κ3) is 4.02. The van der Waals surface area contributed by atoms with E-state index in [1.54, 1.807) is 0 Å². The van der Waals surface area contributed by atoms with Gasteiger partial charge in [0.2, 0.25) is 5.91 Å². The number of nitrogens with zero attached hydrogens (tertiary/aromatic N) is 6. The molecule has 8 nitrogen and oxygen atoms in total. The van der Waals surface area contributed by atoms with Gasteiger partial charge in [0.25, 0.3) is 0 Å². The number of anilines is 1. The first-order valence-electron chi connectivity index (χ1n) is 10.5. The number of piperazine rings is 1. The number of aromatic nitrogens is 4. The summed E-state index contributed by atoms with van der Waals surface area (Å²) in [5, 5.41) is 8.64. The monoisotopic (exact) mass is 503 g/mol. The van der Waals surface area contributed by atoms with Gasteiger partial charge in [-0.05, 0) is 59.6 Å². The molecule has 2 aromatic heterocycles. The molecule has 0 saturated carbocycles. The molecular formula is C21H23BrClN7O. The smallest absolute Gasteiger partial charge is 0.244 e. The molecule has 1 unspecified atom stereocenters. The fourth-order valence-electron chi connectivity index (χ4n) is 4.54. The molecule has 1 aromatic carbocycles. The van der Waals surface area contributed by atoms with Gasteiger partial charge in [-0.1, -0.05) is 23.7 Å². The summed E-state index contributed by atoms with van der Waals surface area (Å²) in [5.41, 5.74) is 1.60. The highest BCUT2D eigenvalue weighted by atomic mass is 79.9. The van der Waals surface area contributed by atoms with Crippen LogP contribution in [0.15, 0.2) is 35.2 Å². The Hall–Kier alpha value is -2.23. The van der Waals surface area contributed by atoms with E-state index in [2.05, 4.69) is 45.9 Å². The van der Waals surface area contributed by atoms with Crippen LogP contribution in [0.25, 0.3) is 11.0 Å². The lowest BCUT2D eigenvalue weighted by atomic mass is 10.0. The van der Waals surface area contributed by atoms with E-state index in [0.717, 1.165) is 47.3 Å². The van der Waals surface area contributed by atoms with Crippen LogP contribution in [0.3, 0.4) is 0 Å². The van der Waals surface area contributed by atoms with Crippen LogP contribution < -0.4 is 4.90 Å². The van der Waals surface area contributed by atoms with E-state index in [-0.39, 0.29) is 11.9 Å². The van der Waals surface area contributed by atoms with Gasteiger partial charge >= 0.3 is 0 Å². The van der Waals surface area contributed by atoms with Crippen molar-refractivity contribution in [3.8, 4) is 0 Å². The standard InChI is InChI=1S/C21H23BrClN7O/c22-18-16-19(27-26-18)24-13-25-20(16)29-8-10-30(11-9-29)21(31)17(28-6-1-2-7-28)14-4-3-5-15(23)12-14/h3-5,12-13,17H,1-2,6-11H2,(H,24,25,26,27). The summed E-state index contributed by atoms with van der Waals surface area (Å²) >= 11 is 9.75. The maximum absolute atomic E-state index is 13.6. The number of likely N-dealkylation sites (tertiary alicyclic amines) is 1. The zero-order valence-electron chi connectivity index (χ0n) is 17.0. The molecule has 0 radical (unpaired) electrons. The molecule has 2 aliphatic rings. The molecular weight excluding hydrogens is 482 g/mol. The van der Waals surface area contributed by atoms with Crippen molar-refractivity contribution in [2.24, 2.45) is 0 Å². The van der Waals surface area contributed by atoms with E-state index in [1.165, 1.54) is 6.33 Å². The van der Waals surface area contributed by atoms with Gasteiger partial charge in [-0.3, -0.25) is 14.8 Å². The minimum absolute atomic E-state index is 0.154. The first kappa shape index (κ1) is 20.7. The van der Waals surface area contributed by atoms with Crippen molar-refractivity contribution < 1.29 is 4.79 Å². The van der Waals surface area contributed by atoms with Gasteiger partial charge in [-0.25, -0.2) is 9.97 Å². The lowest BCUT2D eigenvalue weighted by molar-refractivity contribution is -0.137. The molecule has 4 heterocycles. The minimum Gasteiger partial charge on any atom is -0.352 e. The van der Waals surface area contributed by atoms with Gasteiger partial charge in [0.05, 0.1) is 5.39 Å². The number of nitrogens with one attached hydrogen (secondary N) is 1. The van der Waals surface area contributed by atoms with E-state index in [9.17, 15) is 4.79 Å². The fraction of sp³-hybridized carbons (Fsp3) is 0.429. The van der Waals surface area contributed by atoms with E-state index < -0.39 is 0 Å². The second-order valence-electron chi connectivity index (χ2n) is 7.95. The van der Waals surface area contributed by atoms with Crippen molar-refractivity contribution in [3.63, 3.8) is 0 Å². The van der Waals surface area contributed by atoms with Crippen molar-refractivity contribution in [2.45, 2.75) is 18.9 Å². The molecule has 2 saturated heterocycles. The molecule has 3 aromatic rings. The number of halogens is 2. The van der Waals surface area contributed by atoms with Gasteiger partial charge in [0, 0.05) is 31.2 Å². The summed E-state index contributed by atoms with van der Waals surface area (Å²) in [6, 6.07) is 7.44. The molecule has 2 aliphatic heterocycles. The maximum atomic E-state index is 13.6. The van der Waals surface area contributed by atoms with Crippen LogP contribution in [0.5, 0.6) is 0 Å². The van der Waals surface area contributed by atoms with E-state index in [1.807, 2.05) is 29.2 Å². The Kier molecular flexibility index (Phi) is 5.81. The predicted octanol–water partition coefficient (Wildman–Crippen LogP) is 3.25. The molecule has 2 fully saturated rings. The Balaban J connectivity index is 1.35. The van der Waals surface area contributed by atoms with Crippen molar-refractivity contribution in [2.75, 3.05) is 44.2 Å². The highest BCUT2D eigenvalue weighted by Crippen LogP contribution is 2.31. The number of carbonyl (C=O) groups excluding carboxylic acids is 1. The lowest BCUT2D eigenvalue weighted by Crippen LogP contribution is -2.52. The summed E-state index contributed by atoms with van der Waals surface area (Å²) in [6.07, 6.45) is 3.79. The molecule has 10 heteroatoms. The van der Waals surface area contributed by atoms with Crippen LogP contribution in [0.2, 0.25) is 5.02 Å². The molecule has 31 heavy (non-hydrogen) atoms. The third-order valence-corrected chi connectivity index (χ3v) is 6.89. The van der Waals surface area contributed by atoms with E-state index in [0.29, 0.717) is 36.8 Å². The number of rotatable bonds is 4. The Labute approximate surface area is 193 Å². The molecule has 0 spiro atoms. The van der Waals surface area contributed by atoms with Crippen molar-refractivity contribution in [1.82, 2.24) is 30.0 Å². The van der Waals surface area contributed by atoms with Gasteiger partial charge in [0.1, 0.15) is 22.8 Å². The summed E-state index contributed by atoms with van der Waals surface area (Å²) in [7, 11) is 0. The Bertz CT molecular complexity index is 1090. The highest BCUT2D eigenvalue weighted by molar-refractivity contribution is 9.10. The van der Waals surface area contributed by atoms with Gasteiger partial charge < -0.3 is 9.80 Å². The summed E-state index contributed by atoms with van der Waals surface area (Å²) in [5.74, 6) is 0.991. The maximum Gasteiger partial charge on any atom is 0.244 e. The lowest BCUT2D eigenvalue weighted by Gasteiger charge is -2.39. The van der Waals surface area contributed by atoms with Crippen LogP contribution in [0.4, 0.5) is 5.82 Å². The highest BCUT2D eigenvalue weighted by Gasteiger charge is 2.34. The van der Waals surface area contributed by atoms with Crippen molar-refractivity contribution in [1.29, 1.82) is 0 Å². The van der Waals surface area contributed by atoms with E-state index >= 15 is 0 Å². The SMILES string of the molecule is O=C(C(c1cccc(Cl)c1)N1CCCC1)N1CCN(c2ncnc3n[nH]c(Br)c23)CC1. The van der Waals surface area contributed by atoms with Crippen LogP contribution in [-0.2, 0) is 4.79 Å². The number of hydrogen-bond donors (Lipinski definition) is 1. The normalized spacial score (nSPS) is 18.6. The molecule has 0 aliphatic carbocycles. The van der Waals surface area contributed by atoms with Crippen LogP contribution >= 0.6 is 27.5 Å². The largest absolute Gasteiger partial charge is 0.352 e. The Morgan fingerprint density at radius 1 is 1.10 bits per heavy atom. The number of benzene rings is 1. The first-order chi connectivity index (χ1) is 15.1. The molecule has 5 rings (SSSR count). The summed E-state index contributed by atoms with van der Waals surface area (Å²) in [4.78, 5) is 28.8. The zero-order chi connectivity index (χ0) is 21.4. The number of aromatic amines is 1. The zero-order valence-corrected chi connectivity index (χ0v) is 19.3. The predicted molar refractivity (Wildman–Crippen MR) is 123 cm³/mol. The van der Waals surface area contributed by atoms with Gasteiger partial charge in [0.15, 0.2) is 5.65 Å². The molecule has 0 bridgehead atoms. The molecule has 162 valence electrons. The number of fused-ring (bicyclic) bond motifs is 1. The Morgan fingerprint density at radius 2 is 1.87 bits per heavy atom. The fourth-order valence-corrected chi connectivity index (χ4v) is 5.19. The molecule has 1 atom stereocenters. The molecule has 1 N–H and O–H groups in total. The quantitative estimate of drug-likeness (QED) is 0.587. The summed E-state index contributed by atoms with van der Waals surface area (Å²) in [6.45, 7) is 4.58. The Morgan fingerprint density at radius 3 is 2.61 bits per heavy atom. The van der Waals surface area contributed by atoms with E-state index in [4.69, 9.17) is 11.6 Å². The first-order valence-corrected chi connectivity index (χ1v) is 11.7. The second kappa shape index (κ2) is 8.72. The number of carbonyl (C=O) groups is 1. The van der Waals surface area contributed by atoms with Crippen molar-refractivity contribution in [3.05, 3.63) is 45.8 Å². The number of hydrogen-bond acceptors (Lipinski definition) is 6. The van der Waals surface area contributed by atoms with Gasteiger partial charge in [-0.15, -0.1) is 0 Å². The van der Waals surface area contributed by atoms with Gasteiger partial charge in [-0.2, -0.15) is 5.10 Å². The average Bonchev–Trinajstić information content (AvgIpc) is 3.44. The topological polar surface area (TPSA) is 81.2 Å². The average molecular weight is 505 g/mol. The van der Waals surface area contributed by atoms with Crippen molar-refractivity contribution >= 4 is 50.3 Å². The number of amides is 1. The van der Waals surface area contributed by atoms with Crippen LogP contribution in [0.1, 0.15) is 24.4 Å². The third-order valence-electron chi connectivity index (χ3n) is 6.08. The number of H-pyrrole nitrogens is 1.